The smallest absolute Gasteiger partial charge is 0.407 e. The Labute approximate surface area is 146 Å². The van der Waals surface area contributed by atoms with Crippen LogP contribution >= 0.6 is 0 Å². The third-order valence-corrected chi connectivity index (χ3v) is 3.71. The third kappa shape index (κ3) is 6.07. The standard InChI is InChI=1S/C18H23N3O4/c19-21-15-8-6-14(7-9-15)17(23)16(22)10-11-20-18(24)25-12-13-4-2-1-3-5-13/h1-9,16-17,21-23H,10-12,19H2,(H,20,24). The van der Waals surface area contributed by atoms with Gasteiger partial charge in [-0.2, -0.15) is 0 Å². The van der Waals surface area contributed by atoms with Crippen molar-refractivity contribution in [2.45, 2.75) is 25.2 Å². The van der Waals surface area contributed by atoms with Crippen LogP contribution in [0.4, 0.5) is 10.5 Å². The highest BCUT2D eigenvalue weighted by atomic mass is 16.5. The SMILES string of the molecule is NNc1ccc(C(O)C(O)CCNC(=O)OCc2ccccc2)cc1. The Balaban J connectivity index is 1.69. The Hall–Kier alpha value is -2.61. The van der Waals surface area contributed by atoms with Crippen LogP contribution in [0.2, 0.25) is 0 Å². The molecule has 0 bridgehead atoms. The molecule has 7 heteroatoms. The highest BCUT2D eigenvalue weighted by Crippen LogP contribution is 2.20. The van der Waals surface area contributed by atoms with Crippen molar-refractivity contribution in [1.29, 1.82) is 0 Å². The van der Waals surface area contributed by atoms with Crippen molar-refractivity contribution < 1.29 is 19.7 Å². The van der Waals surface area contributed by atoms with Crippen molar-refractivity contribution in [2.24, 2.45) is 5.84 Å². The molecule has 0 spiro atoms. The van der Waals surface area contributed by atoms with E-state index in [-0.39, 0.29) is 19.6 Å². The van der Waals surface area contributed by atoms with Crippen LogP contribution in [0.1, 0.15) is 23.7 Å². The van der Waals surface area contributed by atoms with E-state index in [4.69, 9.17) is 10.6 Å². The first-order chi connectivity index (χ1) is 12.1. The molecule has 2 atom stereocenters. The number of nitrogens with two attached hydrogens (primary N) is 1. The number of aliphatic hydroxyl groups is 2. The molecule has 7 nitrogen and oxygen atoms in total. The maximum absolute atomic E-state index is 11.6. The fourth-order valence-corrected chi connectivity index (χ4v) is 2.25. The average Bonchev–Trinajstić information content (AvgIpc) is 2.66. The molecule has 2 rings (SSSR count). The summed E-state index contributed by atoms with van der Waals surface area (Å²) < 4.78 is 5.07. The molecule has 0 fully saturated rings. The number of hydrogen-bond donors (Lipinski definition) is 5. The number of nitrogens with one attached hydrogen (secondary N) is 2. The van der Waals surface area contributed by atoms with Gasteiger partial charge in [0, 0.05) is 12.2 Å². The lowest BCUT2D eigenvalue weighted by Crippen LogP contribution is -2.29. The van der Waals surface area contributed by atoms with Gasteiger partial charge >= 0.3 is 6.09 Å². The quantitative estimate of drug-likeness (QED) is 0.367. The third-order valence-electron chi connectivity index (χ3n) is 3.71. The van der Waals surface area contributed by atoms with E-state index in [9.17, 15) is 15.0 Å². The van der Waals surface area contributed by atoms with Gasteiger partial charge in [0.2, 0.25) is 0 Å². The van der Waals surface area contributed by atoms with Crippen LogP contribution in [0.3, 0.4) is 0 Å². The molecule has 25 heavy (non-hydrogen) atoms. The normalized spacial score (nSPS) is 12.9. The van der Waals surface area contributed by atoms with E-state index in [1.807, 2.05) is 30.3 Å². The summed E-state index contributed by atoms with van der Waals surface area (Å²) in [4.78, 5) is 11.6. The number of alkyl carbamates (subject to hydrolysis) is 1. The van der Waals surface area contributed by atoms with Crippen molar-refractivity contribution in [3.8, 4) is 0 Å². The summed E-state index contributed by atoms with van der Waals surface area (Å²) in [7, 11) is 0. The molecule has 2 aromatic rings. The second-order valence-corrected chi connectivity index (χ2v) is 5.56. The molecule has 0 saturated heterocycles. The van der Waals surface area contributed by atoms with Crippen LogP contribution in [0.15, 0.2) is 54.6 Å². The van der Waals surface area contributed by atoms with Gasteiger partial charge in [0.1, 0.15) is 12.7 Å². The molecule has 6 N–H and O–H groups in total. The van der Waals surface area contributed by atoms with Gasteiger partial charge in [0.15, 0.2) is 0 Å². The predicted molar refractivity (Wildman–Crippen MR) is 94.5 cm³/mol. The first kappa shape index (κ1) is 18.7. The van der Waals surface area contributed by atoms with Gasteiger partial charge < -0.3 is 25.7 Å². The van der Waals surface area contributed by atoms with Gasteiger partial charge in [0.05, 0.1) is 6.10 Å². The highest BCUT2D eigenvalue weighted by molar-refractivity contribution is 5.67. The number of carbonyl (C=O) groups excluding carboxylic acids is 1. The van der Waals surface area contributed by atoms with Crippen LogP contribution in [0.25, 0.3) is 0 Å². The minimum atomic E-state index is -1.05. The molecule has 0 aliphatic carbocycles. The fourth-order valence-electron chi connectivity index (χ4n) is 2.25. The summed E-state index contributed by atoms with van der Waals surface area (Å²) in [6.45, 7) is 0.369. The Morgan fingerprint density at radius 2 is 1.76 bits per heavy atom. The minimum Gasteiger partial charge on any atom is -0.445 e. The van der Waals surface area contributed by atoms with E-state index in [2.05, 4.69) is 10.7 Å². The molecule has 0 radical (unpaired) electrons. The number of benzene rings is 2. The van der Waals surface area contributed by atoms with Crippen LogP contribution in [-0.2, 0) is 11.3 Å². The average molecular weight is 345 g/mol. The van der Waals surface area contributed by atoms with Crippen LogP contribution in [-0.4, -0.2) is 29.0 Å². The molecule has 0 aromatic heterocycles. The Kier molecular flexibility index (Phi) is 7.21. The van der Waals surface area contributed by atoms with Crippen molar-refractivity contribution >= 4 is 11.8 Å². The first-order valence-electron chi connectivity index (χ1n) is 7.97. The summed E-state index contributed by atoms with van der Waals surface area (Å²) in [6.07, 6.45) is -2.43. The second-order valence-electron chi connectivity index (χ2n) is 5.56. The number of hydrazine groups is 1. The number of amides is 1. The van der Waals surface area contributed by atoms with Gasteiger partial charge in [-0.3, -0.25) is 5.84 Å². The topological polar surface area (TPSA) is 117 Å². The number of ether oxygens (including phenoxy) is 1. The number of nitrogen functional groups attached to an aromatic ring is 1. The lowest BCUT2D eigenvalue weighted by molar-refractivity contribution is 0.0136. The summed E-state index contributed by atoms with van der Waals surface area (Å²) in [5.74, 6) is 5.28. The molecular formula is C18H23N3O4. The second kappa shape index (κ2) is 9.63. The fraction of sp³-hybridized carbons (Fsp3) is 0.278. The van der Waals surface area contributed by atoms with Gasteiger partial charge in [-0.15, -0.1) is 0 Å². The summed E-state index contributed by atoms with van der Waals surface area (Å²) in [5, 5.41) is 22.7. The maximum atomic E-state index is 11.6. The lowest BCUT2D eigenvalue weighted by atomic mass is 10.0. The number of carbonyl (C=O) groups is 1. The highest BCUT2D eigenvalue weighted by Gasteiger charge is 2.18. The van der Waals surface area contributed by atoms with Crippen LogP contribution in [0.5, 0.6) is 0 Å². The summed E-state index contributed by atoms with van der Waals surface area (Å²) in [6, 6.07) is 16.1. The van der Waals surface area contributed by atoms with Gasteiger partial charge in [-0.05, 0) is 29.7 Å². The van der Waals surface area contributed by atoms with E-state index in [1.165, 1.54) is 0 Å². The van der Waals surface area contributed by atoms with E-state index >= 15 is 0 Å². The maximum Gasteiger partial charge on any atom is 0.407 e. The first-order valence-corrected chi connectivity index (χ1v) is 7.97. The zero-order valence-corrected chi connectivity index (χ0v) is 13.8. The molecule has 0 heterocycles. The zero-order valence-electron chi connectivity index (χ0n) is 13.8. The molecule has 1 amide bonds. The van der Waals surface area contributed by atoms with E-state index in [0.717, 1.165) is 5.56 Å². The number of hydrogen-bond acceptors (Lipinski definition) is 6. The van der Waals surface area contributed by atoms with Crippen molar-refractivity contribution in [2.75, 3.05) is 12.0 Å². The van der Waals surface area contributed by atoms with Crippen molar-refractivity contribution in [3.05, 3.63) is 65.7 Å². The summed E-state index contributed by atoms with van der Waals surface area (Å²) in [5.41, 5.74) is 4.65. The van der Waals surface area contributed by atoms with E-state index < -0.39 is 18.3 Å². The predicted octanol–water partition coefficient (Wildman–Crippen LogP) is 1.68. The molecule has 0 aliphatic heterocycles. The minimum absolute atomic E-state index is 0.180. The molecule has 2 unspecified atom stereocenters. The van der Waals surface area contributed by atoms with Gasteiger partial charge in [-0.25, -0.2) is 4.79 Å². The molecular weight excluding hydrogens is 322 g/mol. The Morgan fingerprint density at radius 3 is 2.40 bits per heavy atom. The number of rotatable bonds is 8. The Morgan fingerprint density at radius 1 is 1.08 bits per heavy atom. The van der Waals surface area contributed by atoms with Crippen LogP contribution < -0.4 is 16.6 Å². The molecule has 0 saturated carbocycles. The van der Waals surface area contributed by atoms with Gasteiger partial charge in [0.25, 0.3) is 0 Å². The van der Waals surface area contributed by atoms with Gasteiger partial charge in [-0.1, -0.05) is 42.5 Å². The summed E-state index contributed by atoms with van der Waals surface area (Å²) >= 11 is 0. The Bertz CT molecular complexity index is 649. The van der Waals surface area contributed by atoms with E-state index in [1.54, 1.807) is 24.3 Å². The zero-order chi connectivity index (χ0) is 18.1. The molecule has 0 aliphatic rings. The number of aliphatic hydroxyl groups excluding tert-OH is 2. The van der Waals surface area contributed by atoms with E-state index in [0.29, 0.717) is 11.3 Å². The molecule has 2 aromatic carbocycles. The molecule has 134 valence electrons. The monoisotopic (exact) mass is 345 g/mol. The number of anilines is 1. The largest absolute Gasteiger partial charge is 0.445 e. The van der Waals surface area contributed by atoms with Crippen molar-refractivity contribution in [1.82, 2.24) is 5.32 Å². The lowest BCUT2D eigenvalue weighted by Gasteiger charge is -2.18. The van der Waals surface area contributed by atoms with Crippen molar-refractivity contribution in [3.63, 3.8) is 0 Å². The van der Waals surface area contributed by atoms with Crippen LogP contribution in [0, 0.1) is 0 Å².